The number of phenols is 1. The van der Waals surface area contributed by atoms with Gasteiger partial charge in [-0.25, -0.2) is 4.79 Å². The van der Waals surface area contributed by atoms with E-state index in [2.05, 4.69) is 10.6 Å². The van der Waals surface area contributed by atoms with Crippen molar-refractivity contribution in [3.8, 4) is 5.75 Å². The summed E-state index contributed by atoms with van der Waals surface area (Å²) in [6.07, 6.45) is 0.183. The highest BCUT2D eigenvalue weighted by atomic mass is 16.6. The average Bonchev–Trinajstić information content (AvgIpc) is 2.70. The lowest BCUT2D eigenvalue weighted by molar-refractivity contribution is -0.150. The zero-order chi connectivity index (χ0) is 28.9. The number of hydrogen-bond donors (Lipinski definition) is 3. The van der Waals surface area contributed by atoms with Gasteiger partial charge in [0, 0.05) is 16.6 Å². The van der Waals surface area contributed by atoms with Gasteiger partial charge < -0.3 is 25.4 Å². The summed E-state index contributed by atoms with van der Waals surface area (Å²) in [6, 6.07) is 3.11. The number of nitrogens with zero attached hydrogens (tertiary/aromatic N) is 1. The molecule has 0 saturated heterocycles. The highest BCUT2D eigenvalue weighted by molar-refractivity contribution is 5.93. The van der Waals surface area contributed by atoms with Gasteiger partial charge in [0.1, 0.15) is 23.4 Å². The van der Waals surface area contributed by atoms with E-state index in [1.165, 1.54) is 4.90 Å². The third-order valence-corrected chi connectivity index (χ3v) is 6.02. The third kappa shape index (κ3) is 9.56. The molecule has 210 valence electrons. The summed E-state index contributed by atoms with van der Waals surface area (Å²) in [5.74, 6) is -0.795. The van der Waals surface area contributed by atoms with Crippen LogP contribution in [0, 0.1) is 12.8 Å². The van der Waals surface area contributed by atoms with Gasteiger partial charge in [-0.15, -0.1) is 0 Å². The molecule has 0 aliphatic rings. The van der Waals surface area contributed by atoms with Gasteiger partial charge in [-0.05, 0) is 86.6 Å². The normalized spacial score (nSPS) is 14.1. The molecule has 1 aromatic rings. The molecule has 0 radical (unpaired) electrons. The van der Waals surface area contributed by atoms with Crippen LogP contribution in [0.5, 0.6) is 5.75 Å². The number of phenolic OH excluding ortho intramolecular Hbond substituents is 1. The van der Waals surface area contributed by atoms with E-state index in [1.807, 2.05) is 55.4 Å². The standard InChI is InChI=1S/C29H49N3O5/c1-13-29(11,12)32(25(35)21(17-18(2)3)30-26(36)37-28(8,9)10)22(24(34)31-27(5,6)7)20-16-14-15-19(4)23(20)33/h14-16,18,21-22,33H,13,17H2,1-12H3,(H,30,36)(H,31,34). The molecular weight excluding hydrogens is 470 g/mol. The topological polar surface area (TPSA) is 108 Å². The first-order chi connectivity index (χ1) is 16.7. The fraction of sp³-hybridized carbons (Fsp3) is 0.690. The first kappa shape index (κ1) is 32.3. The predicted molar refractivity (Wildman–Crippen MR) is 147 cm³/mol. The Hall–Kier alpha value is -2.77. The van der Waals surface area contributed by atoms with Crippen molar-refractivity contribution in [2.75, 3.05) is 0 Å². The lowest BCUT2D eigenvalue weighted by Crippen LogP contribution is -2.60. The van der Waals surface area contributed by atoms with E-state index >= 15 is 0 Å². The van der Waals surface area contributed by atoms with Crippen LogP contribution in [0.3, 0.4) is 0 Å². The van der Waals surface area contributed by atoms with Gasteiger partial charge in [-0.1, -0.05) is 39.0 Å². The number of ether oxygens (including phenoxy) is 1. The zero-order valence-corrected chi connectivity index (χ0v) is 24.9. The fourth-order valence-corrected chi connectivity index (χ4v) is 3.99. The summed E-state index contributed by atoms with van der Waals surface area (Å²) in [4.78, 5) is 42.5. The molecule has 2 unspecified atom stereocenters. The van der Waals surface area contributed by atoms with E-state index in [4.69, 9.17) is 4.74 Å². The summed E-state index contributed by atoms with van der Waals surface area (Å²) in [6.45, 7) is 22.2. The Kier molecular flexibility index (Phi) is 10.6. The largest absolute Gasteiger partial charge is 0.507 e. The third-order valence-electron chi connectivity index (χ3n) is 6.02. The van der Waals surface area contributed by atoms with Crippen LogP contribution in [0.4, 0.5) is 4.79 Å². The number of aromatic hydroxyl groups is 1. The van der Waals surface area contributed by atoms with Gasteiger partial charge in [-0.3, -0.25) is 9.59 Å². The van der Waals surface area contributed by atoms with E-state index < -0.39 is 46.7 Å². The molecule has 3 N–H and O–H groups in total. The summed E-state index contributed by atoms with van der Waals surface area (Å²) in [5.41, 5.74) is -1.18. The number of rotatable bonds is 9. The van der Waals surface area contributed by atoms with Crippen molar-refractivity contribution in [1.29, 1.82) is 0 Å². The molecule has 3 amide bonds. The number of carbonyl (C=O) groups is 3. The molecule has 0 bridgehead atoms. The monoisotopic (exact) mass is 519 g/mol. The van der Waals surface area contributed by atoms with Crippen molar-refractivity contribution in [2.24, 2.45) is 5.92 Å². The van der Waals surface area contributed by atoms with Gasteiger partial charge >= 0.3 is 6.09 Å². The van der Waals surface area contributed by atoms with Gasteiger partial charge in [-0.2, -0.15) is 0 Å². The molecule has 8 heteroatoms. The van der Waals surface area contributed by atoms with Gasteiger partial charge in [0.15, 0.2) is 0 Å². The summed E-state index contributed by atoms with van der Waals surface area (Å²) in [5, 5.41) is 16.8. The van der Waals surface area contributed by atoms with Crippen molar-refractivity contribution in [3.05, 3.63) is 29.3 Å². The minimum atomic E-state index is -1.13. The Balaban J connectivity index is 3.77. The second-order valence-electron chi connectivity index (χ2n) is 12.9. The molecule has 8 nitrogen and oxygen atoms in total. The smallest absolute Gasteiger partial charge is 0.408 e. The van der Waals surface area contributed by atoms with Gasteiger partial charge in [0.25, 0.3) is 0 Å². The fourth-order valence-electron chi connectivity index (χ4n) is 3.99. The average molecular weight is 520 g/mol. The van der Waals surface area contributed by atoms with Gasteiger partial charge in [0.05, 0.1) is 0 Å². The number of benzene rings is 1. The number of nitrogens with one attached hydrogen (secondary N) is 2. The molecule has 0 fully saturated rings. The van der Waals surface area contributed by atoms with Crippen LogP contribution in [0.2, 0.25) is 0 Å². The van der Waals surface area contributed by atoms with Crippen molar-refractivity contribution in [2.45, 2.75) is 125 Å². The van der Waals surface area contributed by atoms with E-state index in [0.717, 1.165) is 0 Å². The first-order valence-corrected chi connectivity index (χ1v) is 13.1. The van der Waals surface area contributed by atoms with Crippen LogP contribution in [0.15, 0.2) is 18.2 Å². The first-order valence-electron chi connectivity index (χ1n) is 13.1. The van der Waals surface area contributed by atoms with Crippen LogP contribution in [0.1, 0.15) is 106 Å². The Labute approximate surface area is 223 Å². The lowest BCUT2D eigenvalue weighted by Gasteiger charge is -2.45. The minimum absolute atomic E-state index is 0.0400. The summed E-state index contributed by atoms with van der Waals surface area (Å²) < 4.78 is 5.44. The van der Waals surface area contributed by atoms with Gasteiger partial charge in [0.2, 0.25) is 11.8 Å². The Bertz CT molecular complexity index is 957. The molecule has 37 heavy (non-hydrogen) atoms. The number of alkyl carbamates (subject to hydrolysis) is 1. The van der Waals surface area contributed by atoms with Crippen LogP contribution < -0.4 is 10.6 Å². The molecular formula is C29H49N3O5. The van der Waals surface area contributed by atoms with Crippen molar-refractivity contribution < 1.29 is 24.2 Å². The molecule has 1 aromatic carbocycles. The van der Waals surface area contributed by atoms with E-state index in [-0.39, 0.29) is 11.7 Å². The van der Waals surface area contributed by atoms with Crippen LogP contribution in [0.25, 0.3) is 0 Å². The molecule has 0 heterocycles. The molecule has 0 aliphatic heterocycles. The molecule has 0 aromatic heterocycles. The highest BCUT2D eigenvalue weighted by Gasteiger charge is 2.44. The quantitative estimate of drug-likeness (QED) is 0.393. The number of carbonyl (C=O) groups excluding carboxylic acids is 3. The Morgan fingerprint density at radius 3 is 2.05 bits per heavy atom. The minimum Gasteiger partial charge on any atom is -0.507 e. The number of para-hydroxylation sites is 1. The maximum atomic E-state index is 14.4. The second kappa shape index (κ2) is 12.2. The number of hydrogen-bond acceptors (Lipinski definition) is 5. The van der Waals surface area contributed by atoms with E-state index in [0.29, 0.717) is 24.0 Å². The summed E-state index contributed by atoms with van der Waals surface area (Å²) >= 11 is 0. The Morgan fingerprint density at radius 1 is 1.03 bits per heavy atom. The molecule has 0 aliphatic carbocycles. The van der Waals surface area contributed by atoms with Crippen LogP contribution in [-0.4, -0.2) is 50.6 Å². The van der Waals surface area contributed by atoms with Crippen molar-refractivity contribution in [3.63, 3.8) is 0 Å². The van der Waals surface area contributed by atoms with Crippen LogP contribution >= 0.6 is 0 Å². The molecule has 0 saturated carbocycles. The molecule has 2 atom stereocenters. The maximum Gasteiger partial charge on any atom is 0.408 e. The van der Waals surface area contributed by atoms with Crippen molar-refractivity contribution >= 4 is 17.9 Å². The van der Waals surface area contributed by atoms with Crippen LogP contribution in [-0.2, 0) is 14.3 Å². The Morgan fingerprint density at radius 2 is 1.59 bits per heavy atom. The maximum absolute atomic E-state index is 14.4. The highest BCUT2D eigenvalue weighted by Crippen LogP contribution is 2.37. The predicted octanol–water partition coefficient (Wildman–Crippen LogP) is 5.61. The summed E-state index contributed by atoms with van der Waals surface area (Å²) in [7, 11) is 0. The second-order valence-corrected chi connectivity index (χ2v) is 12.9. The SMILES string of the molecule is CCC(C)(C)N(C(=O)C(CC(C)C)NC(=O)OC(C)(C)C)C(C(=O)NC(C)(C)C)c1cccc(C)c1O. The number of amides is 3. The zero-order valence-electron chi connectivity index (χ0n) is 24.9. The molecule has 1 rings (SSSR count). The molecule has 0 spiro atoms. The number of aryl methyl sites for hydroxylation is 1. The lowest BCUT2D eigenvalue weighted by atomic mass is 9.89. The van der Waals surface area contributed by atoms with Crippen molar-refractivity contribution in [1.82, 2.24) is 15.5 Å². The van der Waals surface area contributed by atoms with E-state index in [9.17, 15) is 19.5 Å². The van der Waals surface area contributed by atoms with E-state index in [1.54, 1.807) is 45.9 Å².